The zero-order valence-corrected chi connectivity index (χ0v) is 14.2. The molecule has 0 spiro atoms. The van der Waals surface area contributed by atoms with Gasteiger partial charge in [0.05, 0.1) is 0 Å². The maximum absolute atomic E-state index is 12.9. The minimum Gasteiger partial charge on any atom is -0.365 e. The Balaban J connectivity index is 1.84. The average Bonchev–Trinajstić information content (AvgIpc) is 3.35. The summed E-state index contributed by atoms with van der Waals surface area (Å²) >= 11 is 0. The fourth-order valence-corrected chi connectivity index (χ4v) is 3.44. The molecule has 3 aliphatic rings. The molecule has 0 radical (unpaired) electrons. The summed E-state index contributed by atoms with van der Waals surface area (Å²) in [5.41, 5.74) is 2.91. The summed E-state index contributed by atoms with van der Waals surface area (Å²) in [7, 11) is 0. The lowest BCUT2D eigenvalue weighted by Gasteiger charge is -2.23. The Kier molecular flexibility index (Phi) is 3.66. The quantitative estimate of drug-likeness (QED) is 0.482. The first-order chi connectivity index (χ1) is 10.3. The number of amides is 1. The number of hydrogen-bond donors (Lipinski definition) is 1. The maximum atomic E-state index is 12.9. The van der Waals surface area contributed by atoms with E-state index in [1.165, 1.54) is 6.42 Å². The molecule has 3 rings (SSSR count). The topological polar surface area (TPSA) is 44.7 Å². The molecule has 4 nitrogen and oxygen atoms in total. The van der Waals surface area contributed by atoms with Crippen molar-refractivity contribution in [2.24, 2.45) is 16.8 Å². The molecule has 1 saturated heterocycles. The maximum Gasteiger partial charge on any atom is 0.254 e. The predicted octanol–water partition coefficient (Wildman–Crippen LogP) is 2.88. The van der Waals surface area contributed by atoms with Gasteiger partial charge in [-0.1, -0.05) is 5.57 Å². The summed E-state index contributed by atoms with van der Waals surface area (Å²) < 4.78 is 0. The van der Waals surface area contributed by atoms with Gasteiger partial charge in [0.15, 0.2) is 0 Å². The molecule has 1 amide bonds. The van der Waals surface area contributed by atoms with Crippen LogP contribution < -0.4 is 5.32 Å². The van der Waals surface area contributed by atoms with Crippen LogP contribution in [0.2, 0.25) is 0 Å². The van der Waals surface area contributed by atoms with Gasteiger partial charge in [-0.15, -0.1) is 0 Å². The van der Waals surface area contributed by atoms with E-state index >= 15 is 0 Å². The summed E-state index contributed by atoms with van der Waals surface area (Å²) in [6, 6.07) is 0. The van der Waals surface area contributed by atoms with Crippen LogP contribution in [0.3, 0.4) is 0 Å². The number of likely N-dealkylation sites (tertiary alicyclic amines) is 1. The molecule has 1 N–H and O–H groups in total. The number of allylic oxidation sites excluding steroid dienone is 1. The summed E-state index contributed by atoms with van der Waals surface area (Å²) in [5.74, 6) is 2.43. The number of aliphatic imine (C=N–C) groups is 1. The lowest BCUT2D eigenvalue weighted by atomic mass is 10.0. The van der Waals surface area contributed by atoms with Crippen LogP contribution in [0.15, 0.2) is 27.5 Å². The van der Waals surface area contributed by atoms with E-state index in [0.717, 1.165) is 60.3 Å². The van der Waals surface area contributed by atoms with Crippen molar-refractivity contribution in [2.45, 2.75) is 52.5 Å². The molecule has 3 fully saturated rings. The molecule has 120 valence electrons. The second-order valence-corrected chi connectivity index (χ2v) is 7.66. The van der Waals surface area contributed by atoms with Crippen molar-refractivity contribution in [3.63, 3.8) is 0 Å². The van der Waals surface area contributed by atoms with Crippen LogP contribution in [0, 0.1) is 11.8 Å². The molecular weight excluding hydrogens is 274 g/mol. The number of piperidine rings is 1. The number of hydrogen-bond acceptors (Lipinski definition) is 3. The van der Waals surface area contributed by atoms with E-state index < -0.39 is 0 Å². The molecular formula is C18H27N3O. The SMILES string of the molecule is C=N/C(NC1(C)CC1)=C(\C)C(C(=O)N1CC2CC2C1)=C(C)C. The third kappa shape index (κ3) is 2.83. The van der Waals surface area contributed by atoms with Gasteiger partial charge in [0, 0.05) is 29.8 Å². The standard InChI is InChI=1S/C18H27N3O/c1-11(2)15(17(22)21-9-13-8-14(13)10-21)12(3)16(19-5)20-18(4)6-7-18/h13-14,20H,5-10H2,1-4H3/b16-12-. The van der Waals surface area contributed by atoms with E-state index in [0.29, 0.717) is 0 Å². The predicted molar refractivity (Wildman–Crippen MR) is 89.6 cm³/mol. The van der Waals surface area contributed by atoms with E-state index in [1.807, 2.05) is 25.7 Å². The molecule has 1 heterocycles. The molecule has 2 saturated carbocycles. The van der Waals surface area contributed by atoms with Gasteiger partial charge in [-0.05, 0) is 65.5 Å². The Labute approximate surface area is 133 Å². The molecule has 0 aromatic rings. The average molecular weight is 301 g/mol. The van der Waals surface area contributed by atoms with Gasteiger partial charge < -0.3 is 10.2 Å². The van der Waals surface area contributed by atoms with Crippen molar-refractivity contribution in [1.82, 2.24) is 10.2 Å². The van der Waals surface area contributed by atoms with Gasteiger partial charge in [-0.3, -0.25) is 4.79 Å². The summed E-state index contributed by atoms with van der Waals surface area (Å²) in [4.78, 5) is 19.1. The summed E-state index contributed by atoms with van der Waals surface area (Å²) in [6.45, 7) is 13.7. The number of carbonyl (C=O) groups excluding carboxylic acids is 1. The Hall–Kier alpha value is -1.58. The summed E-state index contributed by atoms with van der Waals surface area (Å²) in [6.07, 6.45) is 3.60. The van der Waals surface area contributed by atoms with Gasteiger partial charge in [0.2, 0.25) is 0 Å². The zero-order valence-electron chi connectivity index (χ0n) is 14.2. The van der Waals surface area contributed by atoms with Crippen LogP contribution >= 0.6 is 0 Å². The van der Waals surface area contributed by atoms with Crippen LogP contribution in [0.1, 0.15) is 47.0 Å². The molecule has 2 atom stereocenters. The number of rotatable bonds is 5. The highest BCUT2D eigenvalue weighted by Gasteiger charge is 2.47. The van der Waals surface area contributed by atoms with Gasteiger partial charge >= 0.3 is 0 Å². The van der Waals surface area contributed by atoms with Crippen LogP contribution in [0.4, 0.5) is 0 Å². The third-order valence-electron chi connectivity index (χ3n) is 5.29. The normalized spacial score (nSPS) is 28.5. The van der Waals surface area contributed by atoms with Crippen molar-refractivity contribution in [1.29, 1.82) is 0 Å². The van der Waals surface area contributed by atoms with E-state index in [4.69, 9.17) is 0 Å². The highest BCUT2D eigenvalue weighted by Crippen LogP contribution is 2.45. The van der Waals surface area contributed by atoms with Crippen LogP contribution in [0.5, 0.6) is 0 Å². The molecule has 0 bridgehead atoms. The van der Waals surface area contributed by atoms with Crippen LogP contribution in [-0.2, 0) is 4.79 Å². The molecule has 2 unspecified atom stereocenters. The van der Waals surface area contributed by atoms with Crippen LogP contribution in [-0.4, -0.2) is 36.2 Å². The van der Waals surface area contributed by atoms with Crippen LogP contribution in [0.25, 0.3) is 0 Å². The zero-order chi connectivity index (χ0) is 16.1. The van der Waals surface area contributed by atoms with E-state index in [9.17, 15) is 4.79 Å². The molecule has 2 aliphatic carbocycles. The lowest BCUT2D eigenvalue weighted by Crippen LogP contribution is -2.33. The molecule has 4 heteroatoms. The van der Waals surface area contributed by atoms with Crippen molar-refractivity contribution in [3.8, 4) is 0 Å². The van der Waals surface area contributed by atoms with E-state index in [1.54, 1.807) is 0 Å². The van der Waals surface area contributed by atoms with Gasteiger partial charge in [0.25, 0.3) is 5.91 Å². The fraction of sp³-hybridized carbons (Fsp3) is 0.667. The van der Waals surface area contributed by atoms with Gasteiger partial charge in [-0.25, -0.2) is 4.99 Å². The van der Waals surface area contributed by atoms with E-state index in [-0.39, 0.29) is 11.4 Å². The second-order valence-electron chi connectivity index (χ2n) is 7.66. The molecule has 0 aromatic heterocycles. The Bertz CT molecular complexity index is 569. The second kappa shape index (κ2) is 5.25. The fourth-order valence-electron chi connectivity index (χ4n) is 3.44. The minimum absolute atomic E-state index is 0.128. The lowest BCUT2D eigenvalue weighted by molar-refractivity contribution is -0.126. The third-order valence-corrected chi connectivity index (χ3v) is 5.29. The smallest absolute Gasteiger partial charge is 0.254 e. The first-order valence-electron chi connectivity index (χ1n) is 8.27. The molecule has 1 aliphatic heterocycles. The molecule has 0 aromatic carbocycles. The summed E-state index contributed by atoms with van der Waals surface area (Å²) in [5, 5.41) is 3.46. The highest BCUT2D eigenvalue weighted by molar-refractivity contribution is 5.98. The Morgan fingerprint density at radius 1 is 1.23 bits per heavy atom. The largest absolute Gasteiger partial charge is 0.365 e. The van der Waals surface area contributed by atoms with Gasteiger partial charge in [0.1, 0.15) is 5.82 Å². The Morgan fingerprint density at radius 3 is 2.27 bits per heavy atom. The monoisotopic (exact) mass is 301 g/mol. The van der Waals surface area contributed by atoms with Crippen molar-refractivity contribution in [3.05, 3.63) is 22.5 Å². The number of nitrogens with zero attached hydrogens (tertiary/aromatic N) is 2. The number of fused-ring (bicyclic) bond motifs is 1. The minimum atomic E-state index is 0.128. The Morgan fingerprint density at radius 2 is 1.82 bits per heavy atom. The van der Waals surface area contributed by atoms with Crippen molar-refractivity contribution in [2.75, 3.05) is 13.1 Å². The first-order valence-corrected chi connectivity index (χ1v) is 8.27. The highest BCUT2D eigenvalue weighted by atomic mass is 16.2. The van der Waals surface area contributed by atoms with Gasteiger partial charge in [-0.2, -0.15) is 0 Å². The molecule has 22 heavy (non-hydrogen) atoms. The number of nitrogens with one attached hydrogen (secondary N) is 1. The number of carbonyl (C=O) groups is 1. The van der Waals surface area contributed by atoms with Crippen molar-refractivity contribution >= 4 is 12.6 Å². The van der Waals surface area contributed by atoms with Crippen molar-refractivity contribution < 1.29 is 4.79 Å². The first kappa shape index (κ1) is 15.3. The van der Waals surface area contributed by atoms with E-state index in [2.05, 4.69) is 24.0 Å².